The third-order valence-electron chi connectivity index (χ3n) is 5.02. The van der Waals surface area contributed by atoms with Crippen LogP contribution in [0.2, 0.25) is 0 Å². The number of sulfonamides is 1. The number of amides is 1. The number of benzene rings is 1. The van der Waals surface area contributed by atoms with Crippen LogP contribution in [0.25, 0.3) is 0 Å². The van der Waals surface area contributed by atoms with Crippen molar-refractivity contribution in [1.82, 2.24) is 9.62 Å². The predicted molar refractivity (Wildman–Crippen MR) is 104 cm³/mol. The molecule has 0 bridgehead atoms. The Balaban J connectivity index is 1.64. The normalized spacial score (nSPS) is 19.9. The van der Waals surface area contributed by atoms with E-state index in [1.165, 1.54) is 10.4 Å². The highest BCUT2D eigenvalue weighted by Crippen LogP contribution is 2.33. The summed E-state index contributed by atoms with van der Waals surface area (Å²) in [6.45, 7) is 10.5. The van der Waals surface area contributed by atoms with E-state index in [0.29, 0.717) is 50.9 Å². The first-order valence-corrected chi connectivity index (χ1v) is 11.1. The number of fused-ring (bicyclic) bond motifs is 1. The van der Waals surface area contributed by atoms with Crippen LogP contribution in [0.1, 0.15) is 27.7 Å². The topological polar surface area (TPSA) is 89.4 Å². The Morgan fingerprint density at radius 1 is 1.14 bits per heavy atom. The molecule has 1 aromatic rings. The van der Waals surface area contributed by atoms with Gasteiger partial charge in [0.1, 0.15) is 13.2 Å². The summed E-state index contributed by atoms with van der Waals surface area (Å²) < 4.78 is 38.5. The first kappa shape index (κ1) is 20.9. The fourth-order valence-corrected chi connectivity index (χ4v) is 4.90. The van der Waals surface area contributed by atoms with Crippen LogP contribution in [0.3, 0.4) is 0 Å². The van der Waals surface area contributed by atoms with E-state index in [0.717, 1.165) is 4.90 Å². The first-order valence-electron chi connectivity index (χ1n) is 9.64. The predicted octanol–water partition coefficient (Wildman–Crippen LogP) is -0.350. The molecule has 0 saturated carbocycles. The van der Waals surface area contributed by atoms with E-state index in [4.69, 9.17) is 9.47 Å². The second-order valence-corrected chi connectivity index (χ2v) is 10.3. The van der Waals surface area contributed by atoms with Crippen LogP contribution >= 0.6 is 0 Å². The van der Waals surface area contributed by atoms with Gasteiger partial charge in [-0.05, 0) is 39.8 Å². The number of rotatable bonds is 4. The van der Waals surface area contributed by atoms with Crippen LogP contribution in [0.5, 0.6) is 11.5 Å². The molecule has 28 heavy (non-hydrogen) atoms. The van der Waals surface area contributed by atoms with E-state index in [2.05, 4.69) is 5.32 Å². The molecule has 1 saturated heterocycles. The Morgan fingerprint density at radius 2 is 1.75 bits per heavy atom. The molecule has 2 N–H and O–H groups in total. The molecule has 0 radical (unpaired) electrons. The van der Waals surface area contributed by atoms with Crippen LogP contribution < -0.4 is 19.7 Å². The summed E-state index contributed by atoms with van der Waals surface area (Å²) in [4.78, 5) is 13.7. The Kier molecular flexibility index (Phi) is 5.88. The van der Waals surface area contributed by atoms with Gasteiger partial charge in [-0.1, -0.05) is 0 Å². The summed E-state index contributed by atoms with van der Waals surface area (Å²) >= 11 is 0. The smallest absolute Gasteiger partial charge is 0.278 e. The molecule has 8 nitrogen and oxygen atoms in total. The van der Waals surface area contributed by atoms with Crippen molar-refractivity contribution in [3.63, 3.8) is 0 Å². The van der Waals surface area contributed by atoms with E-state index < -0.39 is 10.0 Å². The monoisotopic (exact) mass is 412 g/mol. The van der Waals surface area contributed by atoms with Gasteiger partial charge >= 0.3 is 0 Å². The maximum Gasteiger partial charge on any atom is 0.278 e. The summed E-state index contributed by atoms with van der Waals surface area (Å²) in [5, 5.41) is 3.00. The maximum atomic E-state index is 13.0. The molecule has 1 atom stereocenters. The Hall–Kier alpha value is -1.84. The minimum absolute atomic E-state index is 0.00866. The number of hydrogen-bond acceptors (Lipinski definition) is 5. The SMILES string of the molecule is C[C@H](C(=O)NC(C)(C)C)[NH+]1CCN(S(=O)(=O)c2ccc3c(c2)OCCO3)CC1. The number of ether oxygens (including phenoxy) is 2. The zero-order valence-electron chi connectivity index (χ0n) is 16.9. The van der Waals surface area contributed by atoms with Crippen LogP contribution in [-0.4, -0.2) is 69.6 Å². The summed E-state index contributed by atoms with van der Waals surface area (Å²) in [6.07, 6.45) is 0. The molecule has 0 spiro atoms. The zero-order chi connectivity index (χ0) is 20.5. The molecule has 1 aromatic carbocycles. The van der Waals surface area contributed by atoms with Gasteiger partial charge in [0.2, 0.25) is 10.0 Å². The molecule has 0 aliphatic carbocycles. The van der Waals surface area contributed by atoms with Crippen molar-refractivity contribution in [1.29, 1.82) is 0 Å². The molecular formula is C19H30N3O5S+. The van der Waals surface area contributed by atoms with Crippen LogP contribution in [0.15, 0.2) is 23.1 Å². The lowest BCUT2D eigenvalue weighted by atomic mass is 10.1. The number of nitrogens with one attached hydrogen (secondary N) is 2. The molecule has 2 aliphatic rings. The average Bonchev–Trinajstić information content (AvgIpc) is 2.65. The highest BCUT2D eigenvalue weighted by molar-refractivity contribution is 7.89. The fourth-order valence-electron chi connectivity index (χ4n) is 3.44. The van der Waals surface area contributed by atoms with E-state index in [9.17, 15) is 13.2 Å². The Bertz CT molecular complexity index is 826. The summed E-state index contributed by atoms with van der Waals surface area (Å²) in [5.41, 5.74) is -0.284. The van der Waals surface area contributed by atoms with Crippen molar-refractivity contribution < 1.29 is 27.6 Å². The highest BCUT2D eigenvalue weighted by Gasteiger charge is 2.35. The molecular weight excluding hydrogens is 382 g/mol. The zero-order valence-corrected chi connectivity index (χ0v) is 17.8. The van der Waals surface area contributed by atoms with Gasteiger partial charge in [0.05, 0.1) is 31.1 Å². The van der Waals surface area contributed by atoms with Crippen LogP contribution in [0.4, 0.5) is 0 Å². The quantitative estimate of drug-likeness (QED) is 0.706. The second kappa shape index (κ2) is 7.88. The van der Waals surface area contributed by atoms with Gasteiger partial charge in [0.15, 0.2) is 17.5 Å². The molecule has 0 unspecified atom stereocenters. The van der Waals surface area contributed by atoms with E-state index >= 15 is 0 Å². The van der Waals surface area contributed by atoms with Gasteiger partial charge in [-0.15, -0.1) is 0 Å². The summed E-state index contributed by atoms with van der Waals surface area (Å²) in [6, 6.07) is 4.50. The average molecular weight is 413 g/mol. The fraction of sp³-hybridized carbons (Fsp3) is 0.632. The molecule has 2 heterocycles. The van der Waals surface area contributed by atoms with Crippen molar-refractivity contribution in [2.24, 2.45) is 0 Å². The molecule has 1 fully saturated rings. The molecule has 9 heteroatoms. The maximum absolute atomic E-state index is 13.0. The third kappa shape index (κ3) is 4.59. The molecule has 1 amide bonds. The number of nitrogens with zero attached hydrogens (tertiary/aromatic N) is 1. The Morgan fingerprint density at radius 3 is 2.36 bits per heavy atom. The molecule has 0 aromatic heterocycles. The van der Waals surface area contributed by atoms with Crippen LogP contribution in [0, 0.1) is 0 Å². The van der Waals surface area contributed by atoms with E-state index in [1.54, 1.807) is 12.1 Å². The number of carbonyl (C=O) groups excluding carboxylic acids is 1. The van der Waals surface area contributed by atoms with E-state index in [-0.39, 0.29) is 22.4 Å². The highest BCUT2D eigenvalue weighted by atomic mass is 32.2. The van der Waals surface area contributed by atoms with Gasteiger partial charge in [-0.3, -0.25) is 4.79 Å². The lowest BCUT2D eigenvalue weighted by Crippen LogP contribution is -3.19. The van der Waals surface area contributed by atoms with Crippen molar-refractivity contribution in [2.75, 3.05) is 39.4 Å². The van der Waals surface area contributed by atoms with Crippen molar-refractivity contribution >= 4 is 15.9 Å². The lowest BCUT2D eigenvalue weighted by molar-refractivity contribution is -0.917. The lowest BCUT2D eigenvalue weighted by Gasteiger charge is -2.35. The van der Waals surface area contributed by atoms with Gasteiger partial charge in [-0.2, -0.15) is 4.31 Å². The minimum Gasteiger partial charge on any atom is -0.486 e. The summed E-state index contributed by atoms with van der Waals surface area (Å²) in [5.74, 6) is 1.02. The third-order valence-corrected chi connectivity index (χ3v) is 6.91. The molecule has 156 valence electrons. The van der Waals surface area contributed by atoms with Gasteiger partial charge in [-0.25, -0.2) is 8.42 Å². The second-order valence-electron chi connectivity index (χ2n) is 8.33. The van der Waals surface area contributed by atoms with Gasteiger partial charge in [0.25, 0.3) is 5.91 Å². The minimum atomic E-state index is -3.61. The van der Waals surface area contributed by atoms with Crippen molar-refractivity contribution in [2.45, 2.75) is 44.2 Å². The molecule has 3 rings (SSSR count). The largest absolute Gasteiger partial charge is 0.486 e. The van der Waals surface area contributed by atoms with Crippen LogP contribution in [-0.2, 0) is 14.8 Å². The van der Waals surface area contributed by atoms with E-state index in [1.807, 2.05) is 27.7 Å². The van der Waals surface area contributed by atoms with Gasteiger partial charge in [0, 0.05) is 11.6 Å². The first-order chi connectivity index (χ1) is 13.1. The van der Waals surface area contributed by atoms with Crippen molar-refractivity contribution in [3.05, 3.63) is 18.2 Å². The number of quaternary nitrogens is 1. The standard InChI is InChI=1S/C19H29N3O5S/c1-14(18(23)20-19(2,3)4)21-7-9-22(10-8-21)28(24,25)15-5-6-16-17(13-15)27-12-11-26-16/h5-6,13-14H,7-12H2,1-4H3,(H,20,23)/p+1/t14-/m1/s1. The number of carbonyl (C=O) groups is 1. The number of hydrogen-bond donors (Lipinski definition) is 2. The van der Waals surface area contributed by atoms with Gasteiger partial charge < -0.3 is 19.7 Å². The number of piperazine rings is 1. The van der Waals surface area contributed by atoms with Crippen molar-refractivity contribution in [3.8, 4) is 11.5 Å². The molecule has 2 aliphatic heterocycles. The Labute approximate surface area is 166 Å². The summed E-state index contributed by atoms with van der Waals surface area (Å²) in [7, 11) is -3.61.